The molecule has 0 fully saturated rings. The number of nitrogens with zero attached hydrogens (tertiary/aromatic N) is 4. The Labute approximate surface area is 377 Å². The number of fused-ring (bicyclic) bond motifs is 13. The highest BCUT2D eigenvalue weighted by Crippen LogP contribution is 2.44. The lowest BCUT2D eigenvalue weighted by atomic mass is 9.99. The standard InChI is InChI=1S/C59H38N4OS/c1-35-26-29-47(56-51(30-28-44-42-19-7-12-24-53(42)64-57(44)56)62-48-21-9-6-18-41(48)45-32-36-14-2-3-15-37(36)34-52(45)62)60-58(38-27-31-55-46(33-38)43-20-8-13-25-54(43)65-55)61-59(35)63-49-22-10-4-16-39(49)40-17-5-11-23-50(40)63/h2-25,27-35H,26H2,1H3/b47-29+,60-58?,61-59?. The van der Waals surface area contributed by atoms with E-state index in [0.717, 1.165) is 72.4 Å². The van der Waals surface area contributed by atoms with Crippen LogP contribution in [0.4, 0.5) is 0 Å². The normalized spacial score (nSPS) is 15.7. The summed E-state index contributed by atoms with van der Waals surface area (Å²) in [6.07, 6.45) is 3.04. The van der Waals surface area contributed by atoms with Crippen LogP contribution >= 0.6 is 11.3 Å². The van der Waals surface area contributed by atoms with Gasteiger partial charge in [0.05, 0.1) is 39.0 Å². The average molecular weight is 851 g/mol. The molecule has 4 aromatic heterocycles. The van der Waals surface area contributed by atoms with Crippen molar-refractivity contribution in [1.82, 2.24) is 9.13 Å². The summed E-state index contributed by atoms with van der Waals surface area (Å²) in [5.41, 5.74) is 9.92. The first kappa shape index (κ1) is 36.4. The molecule has 14 rings (SSSR count). The molecule has 13 aromatic rings. The second-order valence-electron chi connectivity index (χ2n) is 17.3. The number of furan rings is 1. The lowest BCUT2D eigenvalue weighted by molar-refractivity contribution is 0.667. The van der Waals surface area contributed by atoms with Gasteiger partial charge in [-0.15, -0.1) is 11.3 Å². The number of rotatable bonds is 3. The molecule has 65 heavy (non-hydrogen) atoms. The van der Waals surface area contributed by atoms with Crippen LogP contribution < -0.4 is 0 Å². The summed E-state index contributed by atoms with van der Waals surface area (Å²) in [6.45, 7) is 2.30. The zero-order valence-corrected chi connectivity index (χ0v) is 36.2. The number of amidine groups is 1. The third kappa shape index (κ3) is 5.44. The lowest BCUT2D eigenvalue weighted by Crippen LogP contribution is -2.23. The first-order valence-electron chi connectivity index (χ1n) is 22.3. The average Bonchev–Trinajstić information content (AvgIpc) is 4.10. The molecule has 0 saturated heterocycles. The Balaban J connectivity index is 1.09. The van der Waals surface area contributed by atoms with E-state index in [4.69, 9.17) is 14.4 Å². The quantitative estimate of drug-likeness (QED) is 0.175. The molecule has 0 aliphatic carbocycles. The first-order chi connectivity index (χ1) is 32.1. The maximum absolute atomic E-state index is 7.02. The number of para-hydroxylation sites is 4. The molecule has 9 aromatic carbocycles. The van der Waals surface area contributed by atoms with Gasteiger partial charge < -0.3 is 8.98 Å². The van der Waals surface area contributed by atoms with Crippen LogP contribution in [0.15, 0.2) is 209 Å². The molecule has 6 heteroatoms. The van der Waals surface area contributed by atoms with Crippen molar-refractivity contribution in [3.8, 4) is 5.69 Å². The van der Waals surface area contributed by atoms with Crippen molar-refractivity contribution in [3.63, 3.8) is 0 Å². The minimum atomic E-state index is 0.0124. The molecule has 306 valence electrons. The number of hydrogen-bond acceptors (Lipinski definition) is 4. The number of benzene rings is 9. The Morgan fingerprint density at radius 2 is 1.11 bits per heavy atom. The molecule has 0 N–H and O–H groups in total. The van der Waals surface area contributed by atoms with E-state index >= 15 is 0 Å². The molecular weight excluding hydrogens is 813 g/mol. The Kier molecular flexibility index (Phi) is 7.83. The van der Waals surface area contributed by atoms with Crippen molar-refractivity contribution in [2.75, 3.05) is 0 Å². The number of aromatic nitrogens is 2. The summed E-state index contributed by atoms with van der Waals surface area (Å²) in [6, 6.07) is 67.7. The van der Waals surface area contributed by atoms with E-state index in [1.807, 2.05) is 17.4 Å². The van der Waals surface area contributed by atoms with Gasteiger partial charge in [-0.2, -0.15) is 0 Å². The second kappa shape index (κ2) is 14.0. The molecular formula is C59H38N4OS. The molecule has 0 bridgehead atoms. The largest absolute Gasteiger partial charge is 0.455 e. The van der Waals surface area contributed by atoms with E-state index in [-0.39, 0.29) is 5.92 Å². The van der Waals surface area contributed by atoms with E-state index < -0.39 is 0 Å². The van der Waals surface area contributed by atoms with Crippen LogP contribution in [0.5, 0.6) is 0 Å². The number of thiophene rings is 1. The van der Waals surface area contributed by atoms with Crippen molar-refractivity contribution >= 4 is 125 Å². The molecule has 1 unspecified atom stereocenters. The molecule has 1 atom stereocenters. The van der Waals surface area contributed by atoms with Gasteiger partial charge in [-0.05, 0) is 90.0 Å². The smallest absolute Gasteiger partial charge is 0.161 e. The summed E-state index contributed by atoms with van der Waals surface area (Å²) < 4.78 is 14.3. The summed E-state index contributed by atoms with van der Waals surface area (Å²) in [5.74, 6) is 1.63. The van der Waals surface area contributed by atoms with Crippen LogP contribution in [0.25, 0.3) is 108 Å². The predicted octanol–water partition coefficient (Wildman–Crippen LogP) is 16.1. The van der Waals surface area contributed by atoms with Gasteiger partial charge in [0.15, 0.2) is 5.84 Å². The highest BCUT2D eigenvalue weighted by Gasteiger charge is 2.27. The summed E-state index contributed by atoms with van der Waals surface area (Å²) in [4.78, 5) is 11.6. The summed E-state index contributed by atoms with van der Waals surface area (Å²) in [7, 11) is 0. The molecule has 1 aliphatic heterocycles. The van der Waals surface area contributed by atoms with Gasteiger partial charge in [-0.3, -0.25) is 4.57 Å². The Bertz CT molecular complexity index is 4190. The Hall–Kier alpha value is -8.06. The van der Waals surface area contributed by atoms with Crippen molar-refractivity contribution in [3.05, 3.63) is 205 Å². The molecule has 0 radical (unpaired) electrons. The topological polar surface area (TPSA) is 47.7 Å². The fourth-order valence-electron chi connectivity index (χ4n) is 10.5. The van der Waals surface area contributed by atoms with Crippen molar-refractivity contribution in [2.24, 2.45) is 15.9 Å². The van der Waals surface area contributed by atoms with Gasteiger partial charge in [0, 0.05) is 64.0 Å². The van der Waals surface area contributed by atoms with E-state index in [9.17, 15) is 0 Å². The van der Waals surface area contributed by atoms with Gasteiger partial charge in [-0.25, -0.2) is 9.98 Å². The molecule has 5 nitrogen and oxygen atoms in total. The molecule has 1 aliphatic rings. The maximum Gasteiger partial charge on any atom is 0.161 e. The van der Waals surface area contributed by atoms with Gasteiger partial charge in [-0.1, -0.05) is 128 Å². The zero-order chi connectivity index (χ0) is 42.8. The van der Waals surface area contributed by atoms with Crippen molar-refractivity contribution in [2.45, 2.75) is 13.3 Å². The SMILES string of the molecule is CC1C/C=C(\c2c(-n3c4ccccc4c4cc5ccccc5cc43)ccc3c2oc2ccccc23)N=C(c2ccc3sc4ccccc4c3c2)N=C1n1c2ccccc2c2ccccc21. The van der Waals surface area contributed by atoms with E-state index in [1.165, 1.54) is 52.5 Å². The van der Waals surface area contributed by atoms with Crippen molar-refractivity contribution in [1.29, 1.82) is 0 Å². The first-order valence-corrected chi connectivity index (χ1v) is 23.1. The number of allylic oxidation sites excluding steroid dienone is 1. The van der Waals surface area contributed by atoms with Crippen LogP contribution in [-0.4, -0.2) is 20.8 Å². The van der Waals surface area contributed by atoms with E-state index in [2.05, 4.69) is 204 Å². The Morgan fingerprint density at radius 3 is 1.88 bits per heavy atom. The minimum Gasteiger partial charge on any atom is -0.455 e. The highest BCUT2D eigenvalue weighted by atomic mass is 32.1. The van der Waals surface area contributed by atoms with Crippen LogP contribution in [0.1, 0.15) is 24.5 Å². The fourth-order valence-corrected chi connectivity index (χ4v) is 11.6. The van der Waals surface area contributed by atoms with E-state index in [0.29, 0.717) is 12.3 Å². The third-order valence-corrected chi connectivity index (χ3v) is 14.7. The van der Waals surface area contributed by atoms with Gasteiger partial charge in [0.25, 0.3) is 0 Å². The predicted molar refractivity (Wildman–Crippen MR) is 275 cm³/mol. The molecule has 0 amide bonds. The second-order valence-corrected chi connectivity index (χ2v) is 18.4. The van der Waals surface area contributed by atoms with Crippen LogP contribution in [-0.2, 0) is 0 Å². The third-order valence-electron chi connectivity index (χ3n) is 13.6. The van der Waals surface area contributed by atoms with Crippen molar-refractivity contribution < 1.29 is 4.42 Å². The molecule has 0 spiro atoms. The van der Waals surface area contributed by atoms with Gasteiger partial charge >= 0.3 is 0 Å². The van der Waals surface area contributed by atoms with Gasteiger partial charge in [0.1, 0.15) is 17.0 Å². The van der Waals surface area contributed by atoms with Crippen LogP contribution in [0, 0.1) is 5.92 Å². The summed E-state index contributed by atoms with van der Waals surface area (Å²) >= 11 is 1.82. The lowest BCUT2D eigenvalue weighted by Gasteiger charge is -2.21. The molecule has 0 saturated carbocycles. The zero-order valence-electron chi connectivity index (χ0n) is 35.4. The highest BCUT2D eigenvalue weighted by molar-refractivity contribution is 7.25. The molecule has 5 heterocycles. The maximum atomic E-state index is 7.02. The number of aliphatic imine (C=N–C) groups is 2. The minimum absolute atomic E-state index is 0.0124. The van der Waals surface area contributed by atoms with Crippen LogP contribution in [0.2, 0.25) is 0 Å². The van der Waals surface area contributed by atoms with Gasteiger partial charge in [0.2, 0.25) is 0 Å². The fraction of sp³-hybridized carbons (Fsp3) is 0.0508. The Morgan fingerprint density at radius 1 is 0.492 bits per heavy atom. The monoisotopic (exact) mass is 850 g/mol. The van der Waals surface area contributed by atoms with E-state index in [1.54, 1.807) is 0 Å². The summed E-state index contributed by atoms with van der Waals surface area (Å²) in [5, 5.41) is 11.8. The van der Waals surface area contributed by atoms with Crippen LogP contribution in [0.3, 0.4) is 0 Å². The number of hydrogen-bond donors (Lipinski definition) is 0.